The summed E-state index contributed by atoms with van der Waals surface area (Å²) in [6, 6.07) is 5.28. The van der Waals surface area contributed by atoms with Crippen molar-refractivity contribution in [1.29, 1.82) is 0 Å². The van der Waals surface area contributed by atoms with Gasteiger partial charge in [0, 0.05) is 24.7 Å². The molecule has 128 valence electrons. The van der Waals surface area contributed by atoms with E-state index in [4.69, 9.17) is 0 Å². The fourth-order valence-electron chi connectivity index (χ4n) is 4.08. The van der Waals surface area contributed by atoms with Gasteiger partial charge in [-0.25, -0.2) is 4.39 Å². The van der Waals surface area contributed by atoms with Crippen LogP contribution in [-0.4, -0.2) is 41.9 Å². The van der Waals surface area contributed by atoms with Crippen molar-refractivity contribution in [3.63, 3.8) is 0 Å². The number of benzene rings is 1. The Hall–Kier alpha value is -1.95. The molecule has 0 bridgehead atoms. The van der Waals surface area contributed by atoms with Crippen LogP contribution in [0.25, 0.3) is 0 Å². The average molecular weight is 331 g/mol. The van der Waals surface area contributed by atoms with Gasteiger partial charge in [0.2, 0.25) is 0 Å². The van der Waals surface area contributed by atoms with Crippen molar-refractivity contribution in [3.8, 4) is 0 Å². The van der Waals surface area contributed by atoms with E-state index in [1.54, 1.807) is 18.2 Å². The zero-order valence-electron chi connectivity index (χ0n) is 13.6. The van der Waals surface area contributed by atoms with E-state index < -0.39 is 12.2 Å². The Morgan fingerprint density at radius 2 is 1.88 bits per heavy atom. The molecule has 0 spiro atoms. The monoisotopic (exact) mass is 331 g/mol. The van der Waals surface area contributed by atoms with Crippen LogP contribution in [0.5, 0.6) is 0 Å². The summed E-state index contributed by atoms with van der Waals surface area (Å²) < 4.78 is 13.9. The predicted molar refractivity (Wildman–Crippen MR) is 87.5 cm³/mol. The highest BCUT2D eigenvalue weighted by Gasteiger charge is 2.39. The van der Waals surface area contributed by atoms with Crippen molar-refractivity contribution in [2.75, 3.05) is 13.1 Å². The SMILES string of the molecule is O=C1NC(F)c2cccc(C(=O)N(C3CCCCC3)C3CNC3)c21. The van der Waals surface area contributed by atoms with Crippen LogP contribution in [-0.2, 0) is 0 Å². The summed E-state index contributed by atoms with van der Waals surface area (Å²) in [6.07, 6.45) is 3.98. The summed E-state index contributed by atoms with van der Waals surface area (Å²) in [5, 5.41) is 5.49. The topological polar surface area (TPSA) is 61.4 Å². The number of halogens is 1. The Kier molecular flexibility index (Phi) is 4.00. The van der Waals surface area contributed by atoms with Crippen LogP contribution in [0, 0.1) is 0 Å². The molecule has 2 heterocycles. The van der Waals surface area contributed by atoms with Crippen molar-refractivity contribution < 1.29 is 14.0 Å². The lowest BCUT2D eigenvalue weighted by Crippen LogP contribution is -2.62. The van der Waals surface area contributed by atoms with Crippen LogP contribution in [0.2, 0.25) is 0 Å². The van der Waals surface area contributed by atoms with E-state index in [9.17, 15) is 14.0 Å². The molecule has 3 aliphatic rings. The van der Waals surface area contributed by atoms with E-state index in [1.165, 1.54) is 6.42 Å². The highest BCUT2D eigenvalue weighted by molar-refractivity contribution is 6.10. The molecule has 6 heteroatoms. The molecule has 1 aromatic rings. The molecule has 0 radical (unpaired) electrons. The average Bonchev–Trinajstić information content (AvgIpc) is 2.86. The summed E-state index contributed by atoms with van der Waals surface area (Å²) >= 11 is 0. The molecule has 24 heavy (non-hydrogen) atoms. The molecule has 0 aromatic heterocycles. The second-order valence-electron chi connectivity index (χ2n) is 6.92. The molecule has 1 atom stereocenters. The van der Waals surface area contributed by atoms with Gasteiger partial charge < -0.3 is 15.5 Å². The van der Waals surface area contributed by atoms with E-state index in [-0.39, 0.29) is 29.1 Å². The molecule has 1 aliphatic carbocycles. The number of carbonyl (C=O) groups excluding carboxylic acids is 2. The summed E-state index contributed by atoms with van der Waals surface area (Å²) in [6.45, 7) is 1.57. The summed E-state index contributed by atoms with van der Waals surface area (Å²) in [4.78, 5) is 27.4. The first kappa shape index (κ1) is 15.6. The van der Waals surface area contributed by atoms with Crippen molar-refractivity contribution >= 4 is 11.8 Å². The Labute approximate surface area is 140 Å². The quantitative estimate of drug-likeness (QED) is 0.834. The third-order valence-electron chi connectivity index (χ3n) is 5.44. The first-order valence-electron chi connectivity index (χ1n) is 8.78. The van der Waals surface area contributed by atoms with E-state index in [2.05, 4.69) is 10.6 Å². The van der Waals surface area contributed by atoms with Gasteiger partial charge in [0.25, 0.3) is 11.8 Å². The van der Waals surface area contributed by atoms with Crippen LogP contribution in [0.1, 0.15) is 64.7 Å². The molecule has 2 amide bonds. The number of hydrogen-bond donors (Lipinski definition) is 2. The zero-order valence-corrected chi connectivity index (χ0v) is 13.6. The van der Waals surface area contributed by atoms with E-state index >= 15 is 0 Å². The molecule has 2 aliphatic heterocycles. The fourth-order valence-corrected chi connectivity index (χ4v) is 4.08. The number of hydrogen-bond acceptors (Lipinski definition) is 3. The molecule has 1 saturated heterocycles. The molecular weight excluding hydrogens is 309 g/mol. The standard InChI is InChI=1S/C18H22FN3O2/c19-16-13-7-4-8-14(15(13)17(23)21-16)18(24)22(12-9-20-10-12)11-5-2-1-3-6-11/h4,7-8,11-12,16,20H,1-3,5-6,9-10H2,(H,21,23). The Morgan fingerprint density at radius 3 is 2.54 bits per heavy atom. The van der Waals surface area contributed by atoms with Crippen LogP contribution in [0.4, 0.5) is 4.39 Å². The highest BCUT2D eigenvalue weighted by atomic mass is 19.1. The lowest BCUT2D eigenvalue weighted by molar-refractivity contribution is 0.0419. The molecule has 2 fully saturated rings. The number of carbonyl (C=O) groups is 2. The van der Waals surface area contributed by atoms with Crippen LogP contribution in [0.15, 0.2) is 18.2 Å². The lowest BCUT2D eigenvalue weighted by atomic mass is 9.90. The largest absolute Gasteiger partial charge is 0.330 e. The maximum Gasteiger partial charge on any atom is 0.255 e. The fraction of sp³-hybridized carbons (Fsp3) is 0.556. The Morgan fingerprint density at radius 1 is 1.12 bits per heavy atom. The Bertz CT molecular complexity index is 668. The van der Waals surface area contributed by atoms with Crippen LogP contribution < -0.4 is 10.6 Å². The minimum atomic E-state index is -1.52. The first-order chi connectivity index (χ1) is 11.7. The summed E-state index contributed by atoms with van der Waals surface area (Å²) in [5.74, 6) is -0.619. The molecule has 5 nitrogen and oxygen atoms in total. The predicted octanol–water partition coefficient (Wildman–Crippen LogP) is 2.14. The third kappa shape index (κ3) is 2.49. The number of nitrogens with zero attached hydrogens (tertiary/aromatic N) is 1. The van der Waals surface area contributed by atoms with E-state index in [0.29, 0.717) is 5.56 Å². The molecule has 4 rings (SSSR count). The minimum Gasteiger partial charge on any atom is -0.330 e. The number of alkyl halides is 1. The van der Waals surface area contributed by atoms with Gasteiger partial charge in [-0.2, -0.15) is 0 Å². The maximum absolute atomic E-state index is 13.9. The van der Waals surface area contributed by atoms with Gasteiger partial charge in [-0.3, -0.25) is 9.59 Å². The maximum atomic E-state index is 13.9. The van der Waals surface area contributed by atoms with Gasteiger partial charge in [0.15, 0.2) is 6.30 Å². The normalized spacial score (nSPS) is 24.2. The van der Waals surface area contributed by atoms with Gasteiger partial charge in [0.1, 0.15) is 0 Å². The summed E-state index contributed by atoms with van der Waals surface area (Å²) in [7, 11) is 0. The first-order valence-corrected chi connectivity index (χ1v) is 8.78. The smallest absolute Gasteiger partial charge is 0.255 e. The zero-order chi connectivity index (χ0) is 16.7. The number of nitrogens with one attached hydrogen (secondary N) is 2. The second kappa shape index (κ2) is 6.16. The number of rotatable bonds is 3. The van der Waals surface area contributed by atoms with Crippen molar-refractivity contribution in [2.45, 2.75) is 50.5 Å². The lowest BCUT2D eigenvalue weighted by Gasteiger charge is -2.44. The molecule has 1 aromatic carbocycles. The van der Waals surface area contributed by atoms with Crippen LogP contribution >= 0.6 is 0 Å². The Balaban J connectivity index is 1.69. The molecular formula is C18H22FN3O2. The van der Waals surface area contributed by atoms with E-state index in [0.717, 1.165) is 38.8 Å². The molecule has 1 saturated carbocycles. The van der Waals surface area contributed by atoms with Gasteiger partial charge in [-0.05, 0) is 18.9 Å². The second-order valence-corrected chi connectivity index (χ2v) is 6.92. The number of fused-ring (bicyclic) bond motifs is 1. The molecule has 1 unspecified atom stereocenters. The van der Waals surface area contributed by atoms with Gasteiger partial charge in [-0.15, -0.1) is 0 Å². The van der Waals surface area contributed by atoms with Crippen molar-refractivity contribution in [1.82, 2.24) is 15.5 Å². The highest BCUT2D eigenvalue weighted by Crippen LogP contribution is 2.32. The van der Waals surface area contributed by atoms with Crippen molar-refractivity contribution in [2.24, 2.45) is 0 Å². The van der Waals surface area contributed by atoms with Gasteiger partial charge in [-0.1, -0.05) is 31.4 Å². The van der Waals surface area contributed by atoms with Gasteiger partial charge >= 0.3 is 0 Å². The van der Waals surface area contributed by atoms with Crippen LogP contribution in [0.3, 0.4) is 0 Å². The number of amides is 2. The van der Waals surface area contributed by atoms with E-state index in [1.807, 2.05) is 4.90 Å². The molecule has 2 N–H and O–H groups in total. The summed E-state index contributed by atoms with van der Waals surface area (Å²) in [5.41, 5.74) is 0.826. The van der Waals surface area contributed by atoms with Crippen molar-refractivity contribution in [3.05, 3.63) is 34.9 Å². The van der Waals surface area contributed by atoms with Gasteiger partial charge in [0.05, 0.1) is 17.2 Å². The minimum absolute atomic E-state index is 0.130. The third-order valence-corrected chi connectivity index (χ3v) is 5.44.